The van der Waals surface area contributed by atoms with E-state index in [4.69, 9.17) is 4.98 Å². The highest BCUT2D eigenvalue weighted by atomic mass is 16.2. The molecule has 1 unspecified atom stereocenters. The average Bonchev–Trinajstić information content (AvgIpc) is 2.62. The summed E-state index contributed by atoms with van der Waals surface area (Å²) < 4.78 is 0. The normalized spacial score (nSPS) is 21.3. The number of likely N-dealkylation sites (tertiary alicyclic amines) is 1. The second kappa shape index (κ2) is 7.39. The Kier molecular flexibility index (Phi) is 5.26. The minimum absolute atomic E-state index is 0.171. The molecule has 3 heterocycles. The smallest absolute Gasteiger partial charge is 0.225 e. The molecule has 0 radical (unpaired) electrons. The van der Waals surface area contributed by atoms with E-state index in [0.717, 1.165) is 64.1 Å². The maximum atomic E-state index is 12.6. The molecule has 23 heavy (non-hydrogen) atoms. The zero-order chi connectivity index (χ0) is 16.2. The number of piperidine rings is 1. The number of hydrogen-bond donors (Lipinski definition) is 1. The van der Waals surface area contributed by atoms with Gasteiger partial charge in [0, 0.05) is 61.9 Å². The van der Waals surface area contributed by atoms with Crippen molar-refractivity contribution in [1.29, 1.82) is 0 Å². The molecule has 0 aromatic carbocycles. The van der Waals surface area contributed by atoms with E-state index in [1.807, 2.05) is 6.20 Å². The average molecular weight is 316 g/mol. The van der Waals surface area contributed by atoms with Crippen molar-refractivity contribution in [3.05, 3.63) is 23.3 Å². The van der Waals surface area contributed by atoms with Gasteiger partial charge < -0.3 is 10.2 Å². The van der Waals surface area contributed by atoms with Crippen LogP contribution >= 0.6 is 0 Å². The number of hydrogen-bond acceptors (Lipinski definition) is 4. The topological polar surface area (TPSA) is 58.1 Å². The number of nitrogens with one attached hydrogen (secondary N) is 1. The molecule has 126 valence electrons. The van der Waals surface area contributed by atoms with Crippen molar-refractivity contribution in [2.75, 3.05) is 19.6 Å². The Morgan fingerprint density at radius 2 is 2.26 bits per heavy atom. The van der Waals surface area contributed by atoms with Crippen LogP contribution in [0, 0.1) is 5.92 Å². The quantitative estimate of drug-likeness (QED) is 0.926. The third-order valence-electron chi connectivity index (χ3n) is 5.26. The van der Waals surface area contributed by atoms with Crippen molar-refractivity contribution in [3.63, 3.8) is 0 Å². The van der Waals surface area contributed by atoms with Crippen LogP contribution in [0.25, 0.3) is 0 Å². The first-order chi connectivity index (χ1) is 11.2. The predicted molar refractivity (Wildman–Crippen MR) is 90.1 cm³/mol. The van der Waals surface area contributed by atoms with Gasteiger partial charge in [0.25, 0.3) is 0 Å². The molecule has 0 bridgehead atoms. The minimum atomic E-state index is 0.171. The lowest BCUT2D eigenvalue weighted by Gasteiger charge is -2.34. The SMILES string of the molecule is CCC(CC)C(=O)N1CCCC(c2ncc3c(n2)CCNC3)C1. The van der Waals surface area contributed by atoms with Crippen LogP contribution < -0.4 is 5.32 Å². The van der Waals surface area contributed by atoms with Crippen LogP contribution in [0.2, 0.25) is 0 Å². The first kappa shape index (κ1) is 16.4. The van der Waals surface area contributed by atoms with E-state index in [2.05, 4.69) is 29.0 Å². The van der Waals surface area contributed by atoms with Crippen LogP contribution in [0.15, 0.2) is 6.20 Å². The van der Waals surface area contributed by atoms with Crippen molar-refractivity contribution >= 4 is 5.91 Å². The molecule has 0 spiro atoms. The predicted octanol–water partition coefficient (Wildman–Crippen LogP) is 2.26. The van der Waals surface area contributed by atoms with E-state index < -0.39 is 0 Å². The molecule has 2 aliphatic rings. The van der Waals surface area contributed by atoms with E-state index in [1.54, 1.807) is 0 Å². The Hall–Kier alpha value is -1.49. The molecule has 5 nitrogen and oxygen atoms in total. The van der Waals surface area contributed by atoms with Crippen molar-refractivity contribution in [2.45, 2.75) is 58.4 Å². The van der Waals surface area contributed by atoms with Gasteiger partial charge in [0.15, 0.2) is 0 Å². The van der Waals surface area contributed by atoms with Crippen LogP contribution in [-0.4, -0.2) is 40.4 Å². The highest BCUT2D eigenvalue weighted by molar-refractivity contribution is 5.78. The summed E-state index contributed by atoms with van der Waals surface area (Å²) in [6.45, 7) is 7.75. The molecule has 1 atom stereocenters. The minimum Gasteiger partial charge on any atom is -0.342 e. The number of nitrogens with zero attached hydrogens (tertiary/aromatic N) is 3. The number of aromatic nitrogens is 2. The number of rotatable bonds is 4. The molecule has 0 saturated carbocycles. The van der Waals surface area contributed by atoms with Gasteiger partial charge in [-0.1, -0.05) is 13.8 Å². The second-order valence-electron chi connectivity index (χ2n) is 6.76. The summed E-state index contributed by atoms with van der Waals surface area (Å²) >= 11 is 0. The van der Waals surface area contributed by atoms with E-state index in [1.165, 1.54) is 11.3 Å². The fraction of sp³-hybridized carbons (Fsp3) is 0.722. The maximum Gasteiger partial charge on any atom is 0.225 e. The van der Waals surface area contributed by atoms with Gasteiger partial charge in [0.2, 0.25) is 5.91 Å². The number of fused-ring (bicyclic) bond motifs is 1. The summed E-state index contributed by atoms with van der Waals surface area (Å²) in [7, 11) is 0. The summed E-state index contributed by atoms with van der Waals surface area (Å²) in [5.41, 5.74) is 2.41. The Morgan fingerprint density at radius 3 is 3.04 bits per heavy atom. The molecule has 1 amide bonds. The second-order valence-corrected chi connectivity index (χ2v) is 6.76. The molecule has 1 aromatic heterocycles. The first-order valence-electron chi connectivity index (χ1n) is 9.07. The maximum absolute atomic E-state index is 12.6. The molecular weight excluding hydrogens is 288 g/mol. The summed E-state index contributed by atoms with van der Waals surface area (Å²) in [6.07, 6.45) is 6.96. The van der Waals surface area contributed by atoms with Crippen molar-refractivity contribution in [1.82, 2.24) is 20.2 Å². The highest BCUT2D eigenvalue weighted by Gasteiger charge is 2.29. The Morgan fingerprint density at radius 1 is 1.43 bits per heavy atom. The van der Waals surface area contributed by atoms with Gasteiger partial charge >= 0.3 is 0 Å². The van der Waals surface area contributed by atoms with Crippen molar-refractivity contribution in [2.24, 2.45) is 5.92 Å². The van der Waals surface area contributed by atoms with E-state index in [9.17, 15) is 4.79 Å². The molecule has 3 rings (SSSR count). The van der Waals surface area contributed by atoms with Gasteiger partial charge in [-0.2, -0.15) is 0 Å². The van der Waals surface area contributed by atoms with Gasteiger partial charge in [-0.3, -0.25) is 4.79 Å². The van der Waals surface area contributed by atoms with Crippen LogP contribution in [0.5, 0.6) is 0 Å². The van der Waals surface area contributed by atoms with Gasteiger partial charge in [0.1, 0.15) is 5.82 Å². The van der Waals surface area contributed by atoms with Crippen LogP contribution in [-0.2, 0) is 17.8 Å². The molecule has 2 aliphatic heterocycles. The number of carbonyl (C=O) groups excluding carboxylic acids is 1. The highest BCUT2D eigenvalue weighted by Crippen LogP contribution is 2.27. The van der Waals surface area contributed by atoms with Crippen LogP contribution in [0.3, 0.4) is 0 Å². The molecule has 0 aliphatic carbocycles. The van der Waals surface area contributed by atoms with Gasteiger partial charge in [0.05, 0.1) is 0 Å². The van der Waals surface area contributed by atoms with Crippen LogP contribution in [0.4, 0.5) is 0 Å². The zero-order valence-electron chi connectivity index (χ0n) is 14.3. The summed E-state index contributed by atoms with van der Waals surface area (Å²) in [5.74, 6) is 1.72. The molecule has 1 fully saturated rings. The molecule has 5 heteroatoms. The lowest BCUT2D eigenvalue weighted by molar-refractivity contribution is -0.137. The molecule has 1 aromatic rings. The molecule has 1 N–H and O–H groups in total. The summed E-state index contributed by atoms with van der Waals surface area (Å²) in [6, 6.07) is 0. The van der Waals surface area contributed by atoms with Gasteiger partial charge in [-0.25, -0.2) is 9.97 Å². The van der Waals surface area contributed by atoms with Gasteiger partial charge in [-0.15, -0.1) is 0 Å². The first-order valence-corrected chi connectivity index (χ1v) is 9.07. The number of amides is 1. The molecule has 1 saturated heterocycles. The lowest BCUT2D eigenvalue weighted by atomic mass is 9.94. The van der Waals surface area contributed by atoms with Crippen molar-refractivity contribution in [3.8, 4) is 0 Å². The largest absolute Gasteiger partial charge is 0.342 e. The fourth-order valence-electron chi connectivity index (χ4n) is 3.73. The number of carbonyl (C=O) groups is 1. The Labute approximate surface area is 138 Å². The summed E-state index contributed by atoms with van der Waals surface area (Å²) in [4.78, 5) is 24.1. The fourth-order valence-corrected chi connectivity index (χ4v) is 3.73. The standard InChI is InChI=1S/C18H28N4O/c1-3-13(4-2)18(23)22-9-5-6-14(12-22)17-20-11-15-10-19-8-7-16(15)21-17/h11,13-14,19H,3-10,12H2,1-2H3. The third-order valence-corrected chi connectivity index (χ3v) is 5.26. The Balaban J connectivity index is 1.72. The monoisotopic (exact) mass is 316 g/mol. The van der Waals surface area contributed by atoms with E-state index in [-0.39, 0.29) is 5.92 Å². The van der Waals surface area contributed by atoms with Crippen LogP contribution in [0.1, 0.15) is 62.5 Å². The van der Waals surface area contributed by atoms with E-state index >= 15 is 0 Å². The molecular formula is C18H28N4O. The van der Waals surface area contributed by atoms with Gasteiger partial charge in [-0.05, 0) is 25.7 Å². The lowest BCUT2D eigenvalue weighted by Crippen LogP contribution is -2.42. The Bertz CT molecular complexity index is 556. The third kappa shape index (κ3) is 3.55. The van der Waals surface area contributed by atoms with E-state index in [0.29, 0.717) is 11.8 Å². The summed E-state index contributed by atoms with van der Waals surface area (Å²) in [5, 5.41) is 3.35. The zero-order valence-corrected chi connectivity index (χ0v) is 14.3. The van der Waals surface area contributed by atoms with Crippen molar-refractivity contribution < 1.29 is 4.79 Å².